The smallest absolute Gasteiger partial charge is 0.224 e. The molecule has 1 aromatic rings. The summed E-state index contributed by atoms with van der Waals surface area (Å²) in [6.07, 6.45) is 7.53. The topological polar surface area (TPSA) is 41.1 Å². The van der Waals surface area contributed by atoms with Gasteiger partial charge in [0.25, 0.3) is 0 Å². The maximum Gasteiger partial charge on any atom is 0.224 e. The molecule has 0 atom stereocenters. The van der Waals surface area contributed by atoms with Crippen molar-refractivity contribution in [2.45, 2.75) is 59.0 Å². The van der Waals surface area contributed by atoms with Gasteiger partial charge in [-0.25, -0.2) is 9.97 Å². The van der Waals surface area contributed by atoms with E-state index in [2.05, 4.69) is 54.9 Å². The predicted molar refractivity (Wildman–Crippen MR) is 81.4 cm³/mol. The van der Waals surface area contributed by atoms with Gasteiger partial charge in [-0.15, -0.1) is 0 Å². The lowest BCUT2D eigenvalue weighted by Gasteiger charge is -2.21. The van der Waals surface area contributed by atoms with Gasteiger partial charge in [0.1, 0.15) is 0 Å². The van der Waals surface area contributed by atoms with Gasteiger partial charge >= 0.3 is 0 Å². The molecular weight excluding hydrogens is 236 g/mol. The van der Waals surface area contributed by atoms with Gasteiger partial charge in [0.05, 0.1) is 0 Å². The van der Waals surface area contributed by atoms with Gasteiger partial charge in [0.2, 0.25) is 5.95 Å². The van der Waals surface area contributed by atoms with Crippen LogP contribution < -0.4 is 10.2 Å². The van der Waals surface area contributed by atoms with Gasteiger partial charge in [-0.3, -0.25) is 0 Å². The maximum absolute atomic E-state index is 4.43. The first kappa shape index (κ1) is 15.9. The van der Waals surface area contributed by atoms with E-state index in [0.717, 1.165) is 24.6 Å². The van der Waals surface area contributed by atoms with Crippen LogP contribution in [0.2, 0.25) is 0 Å². The normalized spacial score (nSPS) is 11.6. The average Bonchev–Trinajstić information content (AvgIpc) is 2.36. The first-order valence-electron chi connectivity index (χ1n) is 7.19. The Hall–Kier alpha value is -1.16. The number of nitrogens with one attached hydrogen (secondary N) is 1. The molecule has 108 valence electrons. The molecule has 0 saturated heterocycles. The van der Waals surface area contributed by atoms with Crippen LogP contribution in [0.5, 0.6) is 0 Å². The molecule has 0 amide bonds. The van der Waals surface area contributed by atoms with Crippen LogP contribution in [0.15, 0.2) is 12.4 Å². The highest BCUT2D eigenvalue weighted by atomic mass is 15.2. The molecule has 1 rings (SSSR count). The third-order valence-electron chi connectivity index (χ3n) is 2.95. The molecule has 19 heavy (non-hydrogen) atoms. The van der Waals surface area contributed by atoms with E-state index >= 15 is 0 Å². The summed E-state index contributed by atoms with van der Waals surface area (Å²) in [7, 11) is 2.05. The molecule has 0 bridgehead atoms. The Bertz CT molecular complexity index is 353. The van der Waals surface area contributed by atoms with E-state index < -0.39 is 0 Å². The van der Waals surface area contributed by atoms with Crippen molar-refractivity contribution in [2.24, 2.45) is 0 Å². The number of anilines is 1. The first-order valence-corrected chi connectivity index (χ1v) is 7.19. The zero-order valence-electron chi connectivity index (χ0n) is 13.0. The number of rotatable bonds is 7. The highest BCUT2D eigenvalue weighted by molar-refractivity contribution is 5.28. The summed E-state index contributed by atoms with van der Waals surface area (Å²) >= 11 is 0. The fourth-order valence-corrected chi connectivity index (χ4v) is 1.70. The molecule has 1 aromatic heterocycles. The lowest BCUT2D eigenvalue weighted by Crippen LogP contribution is -2.35. The Labute approximate surface area is 117 Å². The molecule has 0 saturated carbocycles. The van der Waals surface area contributed by atoms with Gasteiger partial charge in [0.15, 0.2) is 0 Å². The number of nitrogens with zero attached hydrogens (tertiary/aromatic N) is 3. The van der Waals surface area contributed by atoms with E-state index in [9.17, 15) is 0 Å². The standard InChI is InChI=1S/C15H28N4/c1-6-7-8-9-19(5)14-16-10-13(11-17-14)12-18-15(2,3)4/h10-11,18H,6-9,12H2,1-5H3. The third kappa shape index (κ3) is 6.53. The summed E-state index contributed by atoms with van der Waals surface area (Å²) in [6, 6.07) is 0. The zero-order chi connectivity index (χ0) is 14.3. The van der Waals surface area contributed by atoms with Crippen molar-refractivity contribution in [2.75, 3.05) is 18.5 Å². The van der Waals surface area contributed by atoms with Crippen LogP contribution in [-0.4, -0.2) is 29.1 Å². The molecule has 0 aliphatic heterocycles. The monoisotopic (exact) mass is 264 g/mol. The Balaban J connectivity index is 2.46. The third-order valence-corrected chi connectivity index (χ3v) is 2.95. The largest absolute Gasteiger partial charge is 0.344 e. The van der Waals surface area contributed by atoms with E-state index in [1.165, 1.54) is 19.3 Å². The Morgan fingerprint density at radius 3 is 2.32 bits per heavy atom. The van der Waals surface area contributed by atoms with Gasteiger partial charge in [-0.1, -0.05) is 19.8 Å². The van der Waals surface area contributed by atoms with Crippen molar-refractivity contribution in [3.8, 4) is 0 Å². The summed E-state index contributed by atoms with van der Waals surface area (Å²) in [5, 5.41) is 3.44. The molecule has 1 N–H and O–H groups in total. The number of hydrogen-bond acceptors (Lipinski definition) is 4. The van der Waals surface area contributed by atoms with Gasteiger partial charge in [-0.05, 0) is 27.2 Å². The molecule has 0 unspecified atom stereocenters. The molecule has 0 radical (unpaired) electrons. The van der Waals surface area contributed by atoms with Gasteiger partial charge < -0.3 is 10.2 Å². The molecule has 0 fully saturated rings. The fraction of sp³-hybridized carbons (Fsp3) is 0.733. The van der Waals surface area contributed by atoms with Crippen molar-refractivity contribution < 1.29 is 0 Å². The van der Waals surface area contributed by atoms with Crippen molar-refractivity contribution in [3.05, 3.63) is 18.0 Å². The number of aromatic nitrogens is 2. The van der Waals surface area contributed by atoms with E-state index in [1.807, 2.05) is 12.4 Å². The molecule has 0 aliphatic carbocycles. The minimum absolute atomic E-state index is 0.121. The molecule has 0 aromatic carbocycles. The van der Waals surface area contributed by atoms with Crippen LogP contribution in [-0.2, 0) is 6.54 Å². The van der Waals surface area contributed by atoms with Crippen molar-refractivity contribution in [1.82, 2.24) is 15.3 Å². The minimum atomic E-state index is 0.121. The lowest BCUT2D eigenvalue weighted by molar-refractivity contribution is 0.423. The second-order valence-corrected chi connectivity index (χ2v) is 6.12. The van der Waals surface area contributed by atoms with E-state index in [0.29, 0.717) is 0 Å². The summed E-state index contributed by atoms with van der Waals surface area (Å²) in [5.41, 5.74) is 1.25. The molecule has 0 spiro atoms. The average molecular weight is 264 g/mol. The highest BCUT2D eigenvalue weighted by Crippen LogP contribution is 2.08. The maximum atomic E-state index is 4.43. The predicted octanol–water partition coefficient (Wildman–Crippen LogP) is 2.99. The Kier molecular flexibility index (Phi) is 6.22. The van der Waals surface area contributed by atoms with Crippen LogP contribution in [0.3, 0.4) is 0 Å². The van der Waals surface area contributed by atoms with Crippen molar-refractivity contribution in [1.29, 1.82) is 0 Å². The van der Waals surface area contributed by atoms with E-state index in [1.54, 1.807) is 0 Å². The summed E-state index contributed by atoms with van der Waals surface area (Å²) in [5.74, 6) is 0.815. The second-order valence-electron chi connectivity index (χ2n) is 6.12. The van der Waals surface area contributed by atoms with E-state index in [-0.39, 0.29) is 5.54 Å². The van der Waals surface area contributed by atoms with Crippen LogP contribution in [0.25, 0.3) is 0 Å². The quantitative estimate of drug-likeness (QED) is 0.769. The molecule has 1 heterocycles. The summed E-state index contributed by atoms with van der Waals surface area (Å²) < 4.78 is 0. The summed E-state index contributed by atoms with van der Waals surface area (Å²) in [4.78, 5) is 11.0. The molecule has 0 aliphatic rings. The molecule has 4 nitrogen and oxygen atoms in total. The molecule has 4 heteroatoms. The minimum Gasteiger partial charge on any atom is -0.344 e. The SMILES string of the molecule is CCCCCN(C)c1ncc(CNC(C)(C)C)cn1. The van der Waals surface area contributed by atoms with Crippen LogP contribution in [0.1, 0.15) is 52.5 Å². The number of hydrogen-bond donors (Lipinski definition) is 1. The van der Waals surface area contributed by atoms with Crippen LogP contribution >= 0.6 is 0 Å². The molecular formula is C15H28N4. The Morgan fingerprint density at radius 2 is 1.79 bits per heavy atom. The highest BCUT2D eigenvalue weighted by Gasteiger charge is 2.09. The Morgan fingerprint density at radius 1 is 1.16 bits per heavy atom. The lowest BCUT2D eigenvalue weighted by atomic mass is 10.1. The van der Waals surface area contributed by atoms with Gasteiger partial charge in [-0.2, -0.15) is 0 Å². The van der Waals surface area contributed by atoms with Crippen molar-refractivity contribution >= 4 is 5.95 Å². The first-order chi connectivity index (χ1) is 8.92. The van der Waals surface area contributed by atoms with Gasteiger partial charge in [0, 0.05) is 43.6 Å². The fourth-order valence-electron chi connectivity index (χ4n) is 1.70. The van der Waals surface area contributed by atoms with E-state index in [4.69, 9.17) is 0 Å². The zero-order valence-corrected chi connectivity index (χ0v) is 13.0. The number of unbranched alkanes of at least 4 members (excludes halogenated alkanes) is 2. The van der Waals surface area contributed by atoms with Crippen LogP contribution in [0.4, 0.5) is 5.95 Å². The van der Waals surface area contributed by atoms with Crippen LogP contribution in [0, 0.1) is 0 Å². The second kappa shape index (κ2) is 7.43. The summed E-state index contributed by atoms with van der Waals surface area (Å²) in [6.45, 7) is 10.5. The van der Waals surface area contributed by atoms with Crippen molar-refractivity contribution in [3.63, 3.8) is 0 Å².